The van der Waals surface area contributed by atoms with Gasteiger partial charge < -0.3 is 9.47 Å². The highest BCUT2D eigenvalue weighted by Gasteiger charge is 2.19. The summed E-state index contributed by atoms with van der Waals surface area (Å²) in [5.74, 6) is 1.18. The van der Waals surface area contributed by atoms with Crippen LogP contribution in [0.15, 0.2) is 41.8 Å². The van der Waals surface area contributed by atoms with Crippen LogP contribution in [0.1, 0.15) is 24.5 Å². The van der Waals surface area contributed by atoms with E-state index in [1.54, 1.807) is 30.3 Å². The summed E-state index contributed by atoms with van der Waals surface area (Å²) in [7, 11) is -3.66. The average molecular weight is 380 g/mol. The highest BCUT2D eigenvalue weighted by molar-refractivity contribution is 7.95. The fourth-order valence-corrected chi connectivity index (χ4v) is 3.51. The van der Waals surface area contributed by atoms with Crippen molar-refractivity contribution in [3.63, 3.8) is 0 Å². The average Bonchev–Trinajstić information content (AvgIpc) is 3.02. The van der Waals surface area contributed by atoms with E-state index < -0.39 is 10.0 Å². The number of hydrogen-bond acceptors (Lipinski definition) is 4. The highest BCUT2D eigenvalue weighted by atomic mass is 35.5. The van der Waals surface area contributed by atoms with Crippen molar-refractivity contribution >= 4 is 33.4 Å². The van der Waals surface area contributed by atoms with E-state index in [-0.39, 0.29) is 6.79 Å². The molecule has 0 aromatic heterocycles. The largest absolute Gasteiger partial charge is 0.454 e. The fraction of sp³-hybridized carbons (Fsp3) is 0.222. The number of aryl methyl sites for hydroxylation is 1. The first-order valence-electron chi connectivity index (χ1n) is 7.86. The summed E-state index contributed by atoms with van der Waals surface area (Å²) < 4.78 is 38.1. The van der Waals surface area contributed by atoms with Gasteiger partial charge >= 0.3 is 0 Å². The molecule has 0 saturated heterocycles. The first-order chi connectivity index (χ1) is 12.0. The van der Waals surface area contributed by atoms with Gasteiger partial charge in [0.2, 0.25) is 6.79 Å². The molecule has 0 fully saturated rings. The Labute approximate surface area is 152 Å². The Kier molecular flexibility index (Phi) is 5.20. The maximum absolute atomic E-state index is 12.4. The number of rotatable bonds is 6. The summed E-state index contributed by atoms with van der Waals surface area (Å²) >= 11 is 5.83. The quantitative estimate of drug-likeness (QED) is 0.806. The van der Waals surface area contributed by atoms with Gasteiger partial charge in [0, 0.05) is 11.1 Å². The summed E-state index contributed by atoms with van der Waals surface area (Å²) in [6.45, 7) is 2.18. The second kappa shape index (κ2) is 7.37. The minimum Gasteiger partial charge on any atom is -0.454 e. The van der Waals surface area contributed by atoms with E-state index in [1.807, 2.05) is 13.0 Å². The van der Waals surface area contributed by atoms with Gasteiger partial charge in [-0.2, -0.15) is 0 Å². The lowest BCUT2D eigenvalue weighted by Crippen LogP contribution is -2.10. The van der Waals surface area contributed by atoms with E-state index in [1.165, 1.54) is 6.08 Å². The van der Waals surface area contributed by atoms with Crippen LogP contribution in [0.3, 0.4) is 0 Å². The molecule has 3 rings (SSSR count). The molecule has 2 aromatic carbocycles. The van der Waals surface area contributed by atoms with Crippen LogP contribution in [-0.4, -0.2) is 15.2 Å². The van der Waals surface area contributed by atoms with Crippen LogP contribution in [-0.2, 0) is 16.4 Å². The molecule has 5 nitrogen and oxygen atoms in total. The molecule has 25 heavy (non-hydrogen) atoms. The lowest BCUT2D eigenvalue weighted by Gasteiger charge is -2.11. The van der Waals surface area contributed by atoms with Crippen molar-refractivity contribution in [1.29, 1.82) is 0 Å². The Morgan fingerprint density at radius 3 is 2.52 bits per heavy atom. The zero-order chi connectivity index (χ0) is 17.9. The van der Waals surface area contributed by atoms with Gasteiger partial charge in [-0.3, -0.25) is 4.72 Å². The molecule has 1 N–H and O–H groups in total. The van der Waals surface area contributed by atoms with Crippen molar-refractivity contribution in [2.75, 3.05) is 11.5 Å². The van der Waals surface area contributed by atoms with Gasteiger partial charge in [-0.15, -0.1) is 0 Å². The Bertz CT molecular complexity index is 892. The van der Waals surface area contributed by atoms with Crippen LogP contribution in [0, 0.1) is 0 Å². The molecule has 1 aliphatic rings. The third kappa shape index (κ3) is 4.46. The van der Waals surface area contributed by atoms with Crippen molar-refractivity contribution in [2.24, 2.45) is 0 Å². The van der Waals surface area contributed by atoms with E-state index in [2.05, 4.69) is 4.72 Å². The number of hydrogen-bond donors (Lipinski definition) is 1. The zero-order valence-corrected chi connectivity index (χ0v) is 15.2. The number of fused-ring (bicyclic) bond motifs is 1. The van der Waals surface area contributed by atoms with Gasteiger partial charge in [0.1, 0.15) is 0 Å². The summed E-state index contributed by atoms with van der Waals surface area (Å²) in [6.07, 6.45) is 3.13. The molecule has 0 spiro atoms. The summed E-state index contributed by atoms with van der Waals surface area (Å²) in [5, 5.41) is 1.74. The predicted molar refractivity (Wildman–Crippen MR) is 99.6 cm³/mol. The SMILES string of the molecule is CCCc1cc2c(cc1NS(=O)(=O)C=Cc1ccc(Cl)cc1)OCO2. The van der Waals surface area contributed by atoms with Crippen LogP contribution in [0.4, 0.5) is 5.69 Å². The number of ether oxygens (including phenoxy) is 2. The molecule has 1 heterocycles. The molecule has 7 heteroatoms. The first-order valence-corrected chi connectivity index (χ1v) is 9.78. The molecule has 0 unspecified atom stereocenters. The van der Waals surface area contributed by atoms with Crippen LogP contribution in [0.2, 0.25) is 5.02 Å². The van der Waals surface area contributed by atoms with Gasteiger partial charge in [-0.25, -0.2) is 8.42 Å². The number of benzene rings is 2. The van der Waals surface area contributed by atoms with Gasteiger partial charge in [-0.05, 0) is 41.8 Å². The number of nitrogens with one attached hydrogen (secondary N) is 1. The second-order valence-corrected chi connectivity index (χ2v) is 7.62. The summed E-state index contributed by atoms with van der Waals surface area (Å²) in [5.41, 5.74) is 2.12. The van der Waals surface area contributed by atoms with Gasteiger partial charge in [0.05, 0.1) is 11.1 Å². The molecule has 0 amide bonds. The zero-order valence-electron chi connectivity index (χ0n) is 13.7. The predicted octanol–water partition coefficient (Wildman–Crippen LogP) is 4.43. The normalized spacial score (nSPS) is 13.4. The van der Waals surface area contributed by atoms with E-state index in [4.69, 9.17) is 21.1 Å². The van der Waals surface area contributed by atoms with Crippen molar-refractivity contribution < 1.29 is 17.9 Å². The van der Waals surface area contributed by atoms with Crippen LogP contribution in [0.5, 0.6) is 11.5 Å². The van der Waals surface area contributed by atoms with Crippen molar-refractivity contribution in [3.05, 3.63) is 58.0 Å². The molecule has 0 atom stereocenters. The van der Waals surface area contributed by atoms with Crippen LogP contribution >= 0.6 is 11.6 Å². The Balaban J connectivity index is 1.83. The lowest BCUT2D eigenvalue weighted by molar-refractivity contribution is 0.174. The van der Waals surface area contributed by atoms with Gasteiger partial charge in [0.15, 0.2) is 11.5 Å². The van der Waals surface area contributed by atoms with Gasteiger partial charge in [0.25, 0.3) is 10.0 Å². The summed E-state index contributed by atoms with van der Waals surface area (Å²) in [6, 6.07) is 10.4. The molecule has 132 valence electrons. The van der Waals surface area contributed by atoms with Crippen LogP contribution < -0.4 is 14.2 Å². The molecule has 2 aromatic rings. The Morgan fingerprint density at radius 2 is 1.84 bits per heavy atom. The molecule has 1 aliphatic heterocycles. The maximum Gasteiger partial charge on any atom is 0.255 e. The lowest BCUT2D eigenvalue weighted by atomic mass is 10.1. The standard InChI is InChI=1S/C18H18ClNO4S/c1-2-3-14-10-17-18(24-12-23-17)11-16(14)20-25(21,22)9-8-13-4-6-15(19)7-5-13/h4-11,20H,2-3,12H2,1H3. The second-order valence-electron chi connectivity index (χ2n) is 5.61. The van der Waals surface area contributed by atoms with Crippen LogP contribution in [0.25, 0.3) is 6.08 Å². The van der Waals surface area contributed by atoms with E-state index in [0.29, 0.717) is 22.2 Å². The van der Waals surface area contributed by atoms with E-state index in [9.17, 15) is 8.42 Å². The number of halogens is 1. The van der Waals surface area contributed by atoms with Gasteiger partial charge in [-0.1, -0.05) is 37.1 Å². The smallest absolute Gasteiger partial charge is 0.255 e. The van der Waals surface area contributed by atoms with E-state index in [0.717, 1.165) is 29.4 Å². The minimum atomic E-state index is -3.66. The molecular formula is C18H18ClNO4S. The third-order valence-corrected chi connectivity index (χ3v) is 4.93. The first kappa shape index (κ1) is 17.6. The van der Waals surface area contributed by atoms with Crippen molar-refractivity contribution in [1.82, 2.24) is 0 Å². The highest BCUT2D eigenvalue weighted by Crippen LogP contribution is 2.38. The minimum absolute atomic E-state index is 0.146. The fourth-order valence-electron chi connectivity index (χ4n) is 2.48. The van der Waals surface area contributed by atoms with Crippen molar-refractivity contribution in [3.8, 4) is 11.5 Å². The molecular weight excluding hydrogens is 362 g/mol. The Morgan fingerprint density at radius 1 is 1.16 bits per heavy atom. The summed E-state index contributed by atoms with van der Waals surface area (Å²) in [4.78, 5) is 0. The molecule has 0 radical (unpaired) electrons. The molecule has 0 bridgehead atoms. The topological polar surface area (TPSA) is 64.6 Å². The van der Waals surface area contributed by atoms with Crippen molar-refractivity contribution in [2.45, 2.75) is 19.8 Å². The monoisotopic (exact) mass is 379 g/mol. The number of sulfonamides is 1. The van der Waals surface area contributed by atoms with E-state index >= 15 is 0 Å². The molecule has 0 saturated carbocycles. The maximum atomic E-state index is 12.4. The third-order valence-electron chi connectivity index (χ3n) is 3.68. The molecule has 0 aliphatic carbocycles. The number of anilines is 1. The Hall–Kier alpha value is -2.18.